The van der Waals surface area contributed by atoms with Crippen molar-refractivity contribution in [1.82, 2.24) is 4.98 Å². The number of aromatic nitrogens is 1. The second-order valence-corrected chi connectivity index (χ2v) is 5.11. The van der Waals surface area contributed by atoms with E-state index >= 15 is 0 Å². The first kappa shape index (κ1) is 11.7. The van der Waals surface area contributed by atoms with Crippen molar-refractivity contribution in [3.8, 4) is 5.75 Å². The summed E-state index contributed by atoms with van der Waals surface area (Å²) in [6.45, 7) is 0. The summed E-state index contributed by atoms with van der Waals surface area (Å²) in [6.07, 6.45) is 0. The number of nitrogens with one attached hydrogen (secondary N) is 1. The van der Waals surface area contributed by atoms with E-state index in [0.29, 0.717) is 5.15 Å². The van der Waals surface area contributed by atoms with Crippen molar-refractivity contribution >= 4 is 49.7 Å². The van der Waals surface area contributed by atoms with Gasteiger partial charge in [-0.3, -0.25) is 0 Å². The molecule has 1 aromatic heterocycles. The summed E-state index contributed by atoms with van der Waals surface area (Å²) >= 11 is 10.6. The highest BCUT2D eigenvalue weighted by Crippen LogP contribution is 2.32. The molecule has 2 aromatic rings. The maximum Gasteiger partial charge on any atom is 0.188 e. The molecule has 6 heteroatoms. The number of anilines is 2. The Balaban J connectivity index is 2.29. The Morgan fingerprint density at radius 3 is 2.94 bits per heavy atom. The third-order valence-electron chi connectivity index (χ3n) is 1.88. The number of halogens is 2. The van der Waals surface area contributed by atoms with Crippen molar-refractivity contribution < 1.29 is 4.74 Å². The van der Waals surface area contributed by atoms with Crippen molar-refractivity contribution in [3.05, 3.63) is 33.2 Å². The van der Waals surface area contributed by atoms with E-state index in [9.17, 15) is 0 Å². The van der Waals surface area contributed by atoms with Gasteiger partial charge in [0.05, 0.1) is 12.8 Å². The minimum atomic E-state index is 0.487. The molecule has 0 saturated heterocycles. The van der Waals surface area contributed by atoms with Gasteiger partial charge in [0, 0.05) is 9.85 Å². The Kier molecular flexibility index (Phi) is 3.68. The standard InChI is InChI=1S/C10H8BrClN2OS/c1-15-8-3-2-6(11)4-7(8)13-10-14-9(12)5-16-10/h2-5H,1H3,(H,13,14). The molecule has 1 aromatic carbocycles. The minimum Gasteiger partial charge on any atom is -0.495 e. The highest BCUT2D eigenvalue weighted by molar-refractivity contribution is 9.10. The zero-order valence-electron chi connectivity index (χ0n) is 8.33. The van der Waals surface area contributed by atoms with Crippen molar-refractivity contribution in [2.24, 2.45) is 0 Å². The molecule has 16 heavy (non-hydrogen) atoms. The quantitative estimate of drug-likeness (QED) is 0.915. The lowest BCUT2D eigenvalue weighted by Crippen LogP contribution is -1.93. The fourth-order valence-corrected chi connectivity index (χ4v) is 2.42. The van der Waals surface area contributed by atoms with Gasteiger partial charge in [0.1, 0.15) is 10.9 Å². The molecule has 84 valence electrons. The Hall–Kier alpha value is -0.780. The Bertz CT molecular complexity index is 503. The van der Waals surface area contributed by atoms with Crippen molar-refractivity contribution in [2.75, 3.05) is 12.4 Å². The second kappa shape index (κ2) is 5.03. The molecule has 0 unspecified atom stereocenters. The molecule has 0 aliphatic heterocycles. The number of hydrogen-bond acceptors (Lipinski definition) is 4. The van der Waals surface area contributed by atoms with E-state index in [2.05, 4.69) is 26.2 Å². The molecule has 0 fully saturated rings. The number of nitrogens with zero attached hydrogens (tertiary/aromatic N) is 1. The van der Waals surface area contributed by atoms with Crippen LogP contribution in [0.1, 0.15) is 0 Å². The molecule has 3 nitrogen and oxygen atoms in total. The zero-order valence-corrected chi connectivity index (χ0v) is 11.5. The maximum atomic E-state index is 5.75. The molecule has 0 amide bonds. The summed E-state index contributed by atoms with van der Waals surface area (Å²) < 4.78 is 6.21. The van der Waals surface area contributed by atoms with Crippen LogP contribution in [-0.2, 0) is 0 Å². The molecular formula is C10H8BrClN2OS. The van der Waals surface area contributed by atoms with Crippen LogP contribution < -0.4 is 10.1 Å². The summed E-state index contributed by atoms with van der Waals surface area (Å²) in [5.41, 5.74) is 0.850. The molecule has 2 rings (SSSR count). The van der Waals surface area contributed by atoms with Gasteiger partial charge in [0.2, 0.25) is 0 Å². The number of thiazole rings is 1. The van der Waals surface area contributed by atoms with Crippen LogP contribution in [0.4, 0.5) is 10.8 Å². The lowest BCUT2D eigenvalue weighted by atomic mass is 10.3. The van der Waals surface area contributed by atoms with Gasteiger partial charge in [-0.1, -0.05) is 27.5 Å². The third-order valence-corrected chi connectivity index (χ3v) is 3.45. The van der Waals surface area contributed by atoms with Crippen LogP contribution in [0.2, 0.25) is 5.15 Å². The zero-order chi connectivity index (χ0) is 11.5. The molecule has 0 aliphatic carbocycles. The summed E-state index contributed by atoms with van der Waals surface area (Å²) in [6, 6.07) is 5.72. The molecule has 0 radical (unpaired) electrons. The molecule has 1 heterocycles. The smallest absolute Gasteiger partial charge is 0.188 e. The monoisotopic (exact) mass is 318 g/mol. The summed E-state index contributed by atoms with van der Waals surface area (Å²) in [7, 11) is 1.63. The maximum absolute atomic E-state index is 5.75. The molecule has 0 aliphatic rings. The van der Waals surface area contributed by atoms with Gasteiger partial charge < -0.3 is 10.1 Å². The van der Waals surface area contributed by atoms with E-state index in [1.807, 2.05) is 18.2 Å². The van der Waals surface area contributed by atoms with Crippen LogP contribution >= 0.6 is 38.9 Å². The van der Waals surface area contributed by atoms with E-state index in [0.717, 1.165) is 21.0 Å². The first-order chi connectivity index (χ1) is 7.69. The van der Waals surface area contributed by atoms with Crippen LogP contribution in [-0.4, -0.2) is 12.1 Å². The van der Waals surface area contributed by atoms with Gasteiger partial charge in [-0.25, -0.2) is 4.98 Å². The van der Waals surface area contributed by atoms with E-state index in [1.165, 1.54) is 11.3 Å². The number of ether oxygens (including phenoxy) is 1. The molecule has 0 bridgehead atoms. The van der Waals surface area contributed by atoms with Gasteiger partial charge in [-0.2, -0.15) is 0 Å². The molecule has 0 saturated carbocycles. The van der Waals surface area contributed by atoms with E-state index in [-0.39, 0.29) is 0 Å². The topological polar surface area (TPSA) is 34.1 Å². The van der Waals surface area contributed by atoms with Crippen LogP contribution in [0.15, 0.2) is 28.1 Å². The van der Waals surface area contributed by atoms with E-state index in [4.69, 9.17) is 16.3 Å². The SMILES string of the molecule is COc1ccc(Br)cc1Nc1nc(Cl)cs1. The lowest BCUT2D eigenvalue weighted by Gasteiger charge is -2.09. The van der Waals surface area contributed by atoms with Crippen molar-refractivity contribution in [1.29, 1.82) is 0 Å². The highest BCUT2D eigenvalue weighted by atomic mass is 79.9. The first-order valence-corrected chi connectivity index (χ1v) is 6.45. The minimum absolute atomic E-state index is 0.487. The fraction of sp³-hybridized carbons (Fsp3) is 0.100. The summed E-state index contributed by atoms with van der Waals surface area (Å²) in [5, 5.41) is 6.15. The van der Waals surface area contributed by atoms with Gasteiger partial charge >= 0.3 is 0 Å². The molecular weight excluding hydrogens is 312 g/mol. The average molecular weight is 320 g/mol. The predicted molar refractivity (Wildman–Crippen MR) is 71.1 cm³/mol. The van der Waals surface area contributed by atoms with Gasteiger partial charge in [0.15, 0.2) is 5.13 Å². The van der Waals surface area contributed by atoms with Crippen LogP contribution in [0.25, 0.3) is 0 Å². The van der Waals surface area contributed by atoms with Gasteiger partial charge in [-0.05, 0) is 18.2 Å². The largest absolute Gasteiger partial charge is 0.495 e. The predicted octanol–water partition coefficient (Wildman–Crippen LogP) is 4.31. The number of rotatable bonds is 3. The molecule has 0 spiro atoms. The number of methoxy groups -OCH3 is 1. The molecule has 0 atom stereocenters. The second-order valence-electron chi connectivity index (χ2n) is 2.94. The average Bonchev–Trinajstić information content (AvgIpc) is 2.64. The van der Waals surface area contributed by atoms with Crippen LogP contribution in [0, 0.1) is 0 Å². The highest BCUT2D eigenvalue weighted by Gasteiger charge is 2.06. The number of hydrogen-bond donors (Lipinski definition) is 1. The fourth-order valence-electron chi connectivity index (χ4n) is 1.20. The number of benzene rings is 1. The van der Waals surface area contributed by atoms with Crippen LogP contribution in [0.3, 0.4) is 0 Å². The van der Waals surface area contributed by atoms with Gasteiger partial charge in [-0.15, -0.1) is 11.3 Å². The van der Waals surface area contributed by atoms with Crippen LogP contribution in [0.5, 0.6) is 5.75 Å². The van der Waals surface area contributed by atoms with E-state index in [1.54, 1.807) is 12.5 Å². The van der Waals surface area contributed by atoms with E-state index < -0.39 is 0 Å². The Morgan fingerprint density at radius 1 is 1.50 bits per heavy atom. The van der Waals surface area contributed by atoms with Crippen molar-refractivity contribution in [2.45, 2.75) is 0 Å². The first-order valence-electron chi connectivity index (χ1n) is 4.40. The Morgan fingerprint density at radius 2 is 2.31 bits per heavy atom. The van der Waals surface area contributed by atoms with Crippen molar-refractivity contribution in [3.63, 3.8) is 0 Å². The Labute approximate surface area is 111 Å². The normalized spacial score (nSPS) is 10.2. The third kappa shape index (κ3) is 2.66. The van der Waals surface area contributed by atoms with Gasteiger partial charge in [0.25, 0.3) is 0 Å². The summed E-state index contributed by atoms with van der Waals surface area (Å²) in [5.74, 6) is 0.759. The molecule has 1 N–H and O–H groups in total. The lowest BCUT2D eigenvalue weighted by molar-refractivity contribution is 0.417. The summed E-state index contributed by atoms with van der Waals surface area (Å²) in [4.78, 5) is 4.11.